The predicted octanol–water partition coefficient (Wildman–Crippen LogP) is 4.48. The van der Waals surface area contributed by atoms with E-state index in [1.165, 1.54) is 10.4 Å². The van der Waals surface area contributed by atoms with Crippen LogP contribution in [-0.4, -0.2) is 17.0 Å². The van der Waals surface area contributed by atoms with Crippen LogP contribution in [0.3, 0.4) is 0 Å². The molecule has 3 nitrogen and oxygen atoms in total. The molecule has 0 unspecified atom stereocenters. The Kier molecular flexibility index (Phi) is 5.13. The van der Waals surface area contributed by atoms with E-state index in [4.69, 9.17) is 0 Å². The van der Waals surface area contributed by atoms with Crippen LogP contribution in [0.25, 0.3) is 10.2 Å². The highest BCUT2D eigenvalue weighted by molar-refractivity contribution is 7.16. The molecule has 23 heavy (non-hydrogen) atoms. The standard InChI is InChI=1S/C19H22N2OS/c1-2-11-20-18(22)17-14-16-10-13-23-19(16)21(17)12-6-9-15-7-4-3-5-8-15/h3-5,7-8,10,13-14H,2,6,9,11-12H2,1H3,(H,20,22). The first-order chi connectivity index (χ1) is 11.3. The molecule has 1 amide bonds. The predicted molar refractivity (Wildman–Crippen MR) is 97.2 cm³/mol. The van der Waals surface area contributed by atoms with Crippen molar-refractivity contribution < 1.29 is 4.79 Å². The minimum atomic E-state index is 0.0370. The number of nitrogens with zero attached hydrogens (tertiary/aromatic N) is 1. The summed E-state index contributed by atoms with van der Waals surface area (Å²) in [5.41, 5.74) is 2.13. The number of rotatable bonds is 7. The molecular weight excluding hydrogens is 304 g/mol. The highest BCUT2D eigenvalue weighted by atomic mass is 32.1. The Labute approximate surface area is 140 Å². The molecule has 0 atom stereocenters. The zero-order chi connectivity index (χ0) is 16.1. The molecule has 2 heterocycles. The van der Waals surface area contributed by atoms with E-state index < -0.39 is 0 Å². The Morgan fingerprint density at radius 1 is 1.22 bits per heavy atom. The topological polar surface area (TPSA) is 34.0 Å². The van der Waals surface area contributed by atoms with Gasteiger partial charge in [-0.25, -0.2) is 0 Å². The van der Waals surface area contributed by atoms with E-state index in [1.807, 2.05) is 12.1 Å². The molecule has 0 aliphatic heterocycles. The summed E-state index contributed by atoms with van der Waals surface area (Å²) in [4.78, 5) is 13.6. The van der Waals surface area contributed by atoms with Crippen LogP contribution >= 0.6 is 11.3 Å². The molecular formula is C19H22N2OS. The molecule has 0 aliphatic carbocycles. The number of amides is 1. The first-order valence-electron chi connectivity index (χ1n) is 8.18. The maximum atomic E-state index is 12.4. The van der Waals surface area contributed by atoms with Gasteiger partial charge in [-0.2, -0.15) is 0 Å². The summed E-state index contributed by atoms with van der Waals surface area (Å²) >= 11 is 1.71. The van der Waals surface area contributed by atoms with Gasteiger partial charge in [0.05, 0.1) is 0 Å². The SMILES string of the molecule is CCCNC(=O)c1cc2ccsc2n1CCCc1ccccc1. The van der Waals surface area contributed by atoms with Crippen LogP contribution in [0.4, 0.5) is 0 Å². The van der Waals surface area contributed by atoms with Crippen LogP contribution in [0.5, 0.6) is 0 Å². The summed E-state index contributed by atoms with van der Waals surface area (Å²) in [7, 11) is 0. The first-order valence-corrected chi connectivity index (χ1v) is 9.06. The number of carbonyl (C=O) groups excluding carboxylic acids is 1. The van der Waals surface area contributed by atoms with Gasteiger partial charge < -0.3 is 9.88 Å². The van der Waals surface area contributed by atoms with Crippen molar-refractivity contribution in [2.75, 3.05) is 6.54 Å². The quantitative estimate of drug-likeness (QED) is 0.682. The van der Waals surface area contributed by atoms with Crippen molar-refractivity contribution in [3.05, 3.63) is 59.1 Å². The van der Waals surface area contributed by atoms with Crippen LogP contribution in [0.2, 0.25) is 0 Å². The van der Waals surface area contributed by atoms with E-state index in [9.17, 15) is 4.79 Å². The number of benzene rings is 1. The first kappa shape index (κ1) is 15.8. The van der Waals surface area contributed by atoms with Gasteiger partial charge in [-0.05, 0) is 42.3 Å². The Hall–Kier alpha value is -2.07. The summed E-state index contributed by atoms with van der Waals surface area (Å²) in [6.07, 6.45) is 3.01. The molecule has 4 heteroatoms. The van der Waals surface area contributed by atoms with Crippen molar-refractivity contribution in [3.63, 3.8) is 0 Å². The number of hydrogen-bond donors (Lipinski definition) is 1. The summed E-state index contributed by atoms with van der Waals surface area (Å²) in [6.45, 7) is 3.66. The van der Waals surface area contributed by atoms with Gasteiger partial charge in [-0.3, -0.25) is 4.79 Å². The third kappa shape index (κ3) is 3.64. The molecule has 2 aromatic heterocycles. The van der Waals surface area contributed by atoms with Crippen LogP contribution in [0.15, 0.2) is 47.8 Å². The van der Waals surface area contributed by atoms with Gasteiger partial charge in [0, 0.05) is 18.5 Å². The molecule has 120 valence electrons. The molecule has 0 saturated heterocycles. The van der Waals surface area contributed by atoms with Crippen molar-refractivity contribution in [1.82, 2.24) is 9.88 Å². The largest absolute Gasteiger partial charge is 0.351 e. The van der Waals surface area contributed by atoms with Crippen LogP contribution in [0.1, 0.15) is 35.8 Å². The highest BCUT2D eigenvalue weighted by Crippen LogP contribution is 2.26. The van der Waals surface area contributed by atoms with Gasteiger partial charge in [0.15, 0.2) is 0 Å². The second-order valence-corrected chi connectivity index (χ2v) is 6.60. The lowest BCUT2D eigenvalue weighted by molar-refractivity contribution is 0.0944. The van der Waals surface area contributed by atoms with E-state index in [-0.39, 0.29) is 5.91 Å². The second-order valence-electron chi connectivity index (χ2n) is 5.71. The van der Waals surface area contributed by atoms with Crippen molar-refractivity contribution in [2.24, 2.45) is 0 Å². The molecule has 1 N–H and O–H groups in total. The lowest BCUT2D eigenvalue weighted by Gasteiger charge is -2.10. The number of thiophene rings is 1. The average Bonchev–Trinajstić information content (AvgIpc) is 3.16. The maximum absolute atomic E-state index is 12.4. The number of aromatic nitrogens is 1. The van der Waals surface area contributed by atoms with Gasteiger partial charge >= 0.3 is 0 Å². The lowest BCUT2D eigenvalue weighted by Crippen LogP contribution is -2.26. The van der Waals surface area contributed by atoms with E-state index in [0.29, 0.717) is 0 Å². The third-order valence-electron chi connectivity index (χ3n) is 3.96. The molecule has 3 aromatic rings. The number of nitrogens with one attached hydrogen (secondary N) is 1. The Balaban J connectivity index is 1.75. The fraction of sp³-hybridized carbons (Fsp3) is 0.316. The van der Waals surface area contributed by atoms with Crippen molar-refractivity contribution >= 4 is 27.5 Å². The molecule has 0 aliphatic rings. The third-order valence-corrected chi connectivity index (χ3v) is 4.91. The van der Waals surface area contributed by atoms with E-state index >= 15 is 0 Å². The number of carbonyl (C=O) groups is 1. The number of fused-ring (bicyclic) bond motifs is 1. The lowest BCUT2D eigenvalue weighted by atomic mass is 10.1. The van der Waals surface area contributed by atoms with E-state index in [1.54, 1.807) is 11.3 Å². The van der Waals surface area contributed by atoms with Crippen LogP contribution < -0.4 is 5.32 Å². The normalized spacial score (nSPS) is 11.0. The van der Waals surface area contributed by atoms with Crippen molar-refractivity contribution in [3.8, 4) is 0 Å². The van der Waals surface area contributed by atoms with Gasteiger partial charge in [0.1, 0.15) is 10.5 Å². The van der Waals surface area contributed by atoms with Gasteiger partial charge in [-0.15, -0.1) is 11.3 Å². The smallest absolute Gasteiger partial charge is 0.267 e. The Morgan fingerprint density at radius 2 is 2.04 bits per heavy atom. The highest BCUT2D eigenvalue weighted by Gasteiger charge is 2.15. The van der Waals surface area contributed by atoms with E-state index in [2.05, 4.69) is 52.5 Å². The van der Waals surface area contributed by atoms with Crippen LogP contribution in [0, 0.1) is 0 Å². The minimum absolute atomic E-state index is 0.0370. The van der Waals surface area contributed by atoms with Crippen molar-refractivity contribution in [2.45, 2.75) is 32.7 Å². The minimum Gasteiger partial charge on any atom is -0.351 e. The fourth-order valence-electron chi connectivity index (χ4n) is 2.80. The summed E-state index contributed by atoms with van der Waals surface area (Å²) < 4.78 is 2.17. The molecule has 0 bridgehead atoms. The summed E-state index contributed by atoms with van der Waals surface area (Å²) in [5.74, 6) is 0.0370. The molecule has 0 spiro atoms. The Morgan fingerprint density at radius 3 is 2.83 bits per heavy atom. The maximum Gasteiger partial charge on any atom is 0.267 e. The van der Waals surface area contributed by atoms with Gasteiger partial charge in [-0.1, -0.05) is 37.3 Å². The zero-order valence-electron chi connectivity index (χ0n) is 13.4. The monoisotopic (exact) mass is 326 g/mol. The average molecular weight is 326 g/mol. The molecule has 0 saturated carbocycles. The van der Waals surface area contributed by atoms with Gasteiger partial charge in [0.2, 0.25) is 0 Å². The summed E-state index contributed by atoms with van der Waals surface area (Å²) in [6, 6.07) is 14.6. The molecule has 0 radical (unpaired) electrons. The summed E-state index contributed by atoms with van der Waals surface area (Å²) in [5, 5.41) is 6.25. The van der Waals surface area contributed by atoms with Crippen LogP contribution in [-0.2, 0) is 13.0 Å². The second kappa shape index (κ2) is 7.47. The Bertz CT molecular complexity index is 773. The zero-order valence-corrected chi connectivity index (χ0v) is 14.2. The molecule has 0 fully saturated rings. The molecule has 1 aromatic carbocycles. The van der Waals surface area contributed by atoms with E-state index in [0.717, 1.165) is 43.4 Å². The molecule has 3 rings (SSSR count). The number of hydrogen-bond acceptors (Lipinski definition) is 2. The fourth-order valence-corrected chi connectivity index (χ4v) is 3.72. The van der Waals surface area contributed by atoms with Gasteiger partial charge in [0.25, 0.3) is 5.91 Å². The van der Waals surface area contributed by atoms with Crippen molar-refractivity contribution in [1.29, 1.82) is 0 Å². The number of aryl methyl sites for hydroxylation is 2.